The van der Waals surface area contributed by atoms with E-state index in [1.165, 1.54) is 11.1 Å². The zero-order chi connectivity index (χ0) is 17.2. The van der Waals surface area contributed by atoms with Gasteiger partial charge in [0.05, 0.1) is 13.2 Å². The first-order chi connectivity index (χ1) is 12.3. The first-order valence-corrected chi connectivity index (χ1v) is 8.50. The van der Waals surface area contributed by atoms with Crippen molar-refractivity contribution in [3.8, 4) is 6.07 Å². The van der Waals surface area contributed by atoms with E-state index in [4.69, 9.17) is 4.74 Å². The molecule has 0 unspecified atom stereocenters. The first-order valence-electron chi connectivity index (χ1n) is 8.50. The number of aromatic amines is 1. The fourth-order valence-electron chi connectivity index (χ4n) is 3.43. The lowest BCUT2D eigenvalue weighted by molar-refractivity contribution is 0.102. The van der Waals surface area contributed by atoms with E-state index >= 15 is 0 Å². The van der Waals surface area contributed by atoms with Crippen molar-refractivity contribution in [3.05, 3.63) is 40.5 Å². The Hall–Kier alpha value is -2.85. The van der Waals surface area contributed by atoms with Crippen LogP contribution in [-0.4, -0.2) is 42.4 Å². The second kappa shape index (κ2) is 6.57. The number of benzene rings is 1. The summed E-state index contributed by atoms with van der Waals surface area (Å²) in [5.74, 6) is 0.674. The van der Waals surface area contributed by atoms with Gasteiger partial charge >= 0.3 is 0 Å². The molecule has 1 aliphatic heterocycles. The van der Waals surface area contributed by atoms with Crippen molar-refractivity contribution >= 4 is 17.5 Å². The number of fused-ring (bicyclic) bond motifs is 1. The predicted octanol–water partition coefficient (Wildman–Crippen LogP) is 1.86. The van der Waals surface area contributed by atoms with Gasteiger partial charge in [-0.3, -0.25) is 9.89 Å². The third-order valence-electron chi connectivity index (χ3n) is 4.77. The molecular formula is C18H19N5O2. The number of anilines is 2. The lowest BCUT2D eigenvalue weighted by atomic mass is 10.1. The van der Waals surface area contributed by atoms with Crippen molar-refractivity contribution in [1.82, 2.24) is 10.2 Å². The molecule has 2 N–H and O–H groups in total. The molecule has 1 fully saturated rings. The highest BCUT2D eigenvalue weighted by atomic mass is 16.5. The summed E-state index contributed by atoms with van der Waals surface area (Å²) in [5.41, 5.74) is 3.53. The Bertz CT molecular complexity index is 846. The van der Waals surface area contributed by atoms with Gasteiger partial charge in [0, 0.05) is 18.7 Å². The van der Waals surface area contributed by atoms with Crippen LogP contribution >= 0.6 is 0 Å². The van der Waals surface area contributed by atoms with Crippen molar-refractivity contribution in [1.29, 1.82) is 5.26 Å². The number of nitrogens with one attached hydrogen (secondary N) is 2. The van der Waals surface area contributed by atoms with Gasteiger partial charge in [-0.15, -0.1) is 0 Å². The molecule has 2 heterocycles. The molecular weight excluding hydrogens is 318 g/mol. The van der Waals surface area contributed by atoms with E-state index < -0.39 is 0 Å². The normalized spacial score (nSPS) is 16.4. The van der Waals surface area contributed by atoms with Gasteiger partial charge in [0.1, 0.15) is 17.5 Å². The molecule has 128 valence electrons. The van der Waals surface area contributed by atoms with Crippen molar-refractivity contribution in [2.75, 3.05) is 36.5 Å². The number of nitriles is 1. The molecule has 2 aliphatic rings. The van der Waals surface area contributed by atoms with Crippen LogP contribution in [0.4, 0.5) is 11.6 Å². The fraction of sp³-hybridized carbons (Fsp3) is 0.389. The topological polar surface area (TPSA) is 94.0 Å². The highest BCUT2D eigenvalue weighted by Gasteiger charge is 2.22. The Labute approximate surface area is 145 Å². The summed E-state index contributed by atoms with van der Waals surface area (Å²) < 4.78 is 5.33. The molecule has 0 saturated carbocycles. The maximum atomic E-state index is 12.6. The maximum absolute atomic E-state index is 12.6. The quantitative estimate of drug-likeness (QED) is 0.891. The largest absolute Gasteiger partial charge is 0.378 e. The molecule has 4 rings (SSSR count). The van der Waals surface area contributed by atoms with Gasteiger partial charge in [-0.2, -0.15) is 10.4 Å². The molecule has 0 atom stereocenters. The number of nitrogens with zero attached hydrogens (tertiary/aromatic N) is 3. The van der Waals surface area contributed by atoms with Crippen LogP contribution in [-0.2, 0) is 17.6 Å². The molecule has 7 nitrogen and oxygen atoms in total. The van der Waals surface area contributed by atoms with Gasteiger partial charge in [0.2, 0.25) is 0 Å². The van der Waals surface area contributed by atoms with E-state index in [2.05, 4.69) is 21.6 Å². The number of aromatic nitrogens is 2. The Morgan fingerprint density at radius 3 is 2.88 bits per heavy atom. The summed E-state index contributed by atoms with van der Waals surface area (Å²) in [4.78, 5) is 14.6. The van der Waals surface area contributed by atoms with Crippen molar-refractivity contribution in [2.24, 2.45) is 0 Å². The zero-order valence-electron chi connectivity index (χ0n) is 13.8. The zero-order valence-corrected chi connectivity index (χ0v) is 13.8. The van der Waals surface area contributed by atoms with Gasteiger partial charge in [0.15, 0.2) is 5.82 Å². The molecule has 25 heavy (non-hydrogen) atoms. The van der Waals surface area contributed by atoms with E-state index in [9.17, 15) is 10.1 Å². The van der Waals surface area contributed by atoms with Crippen molar-refractivity contribution in [2.45, 2.75) is 19.3 Å². The van der Waals surface area contributed by atoms with E-state index in [1.54, 1.807) is 0 Å². The van der Waals surface area contributed by atoms with Crippen LogP contribution in [0.2, 0.25) is 0 Å². The summed E-state index contributed by atoms with van der Waals surface area (Å²) in [5, 5.41) is 19.3. The lowest BCUT2D eigenvalue weighted by Crippen LogP contribution is -2.36. The third-order valence-corrected chi connectivity index (χ3v) is 4.77. The van der Waals surface area contributed by atoms with E-state index in [1.807, 2.05) is 23.1 Å². The average molecular weight is 337 g/mol. The van der Waals surface area contributed by atoms with Crippen molar-refractivity contribution < 1.29 is 9.53 Å². The lowest BCUT2D eigenvalue weighted by Gasteiger charge is -2.26. The summed E-state index contributed by atoms with van der Waals surface area (Å²) >= 11 is 0. The number of carbonyl (C=O) groups is 1. The molecule has 0 bridgehead atoms. The maximum Gasteiger partial charge on any atom is 0.256 e. The molecule has 1 aromatic carbocycles. The van der Waals surface area contributed by atoms with Crippen LogP contribution in [0, 0.1) is 11.3 Å². The van der Waals surface area contributed by atoms with Crippen molar-refractivity contribution in [3.63, 3.8) is 0 Å². The molecule has 0 radical (unpaired) electrons. The monoisotopic (exact) mass is 337 g/mol. The number of aryl methyl sites for hydroxylation is 2. The summed E-state index contributed by atoms with van der Waals surface area (Å²) in [6.07, 6.45) is 3.24. The second-order valence-corrected chi connectivity index (χ2v) is 6.30. The standard InChI is InChI=1S/C18H19N5O2/c19-11-15-16(21-22-17(15)23-6-8-25-9-7-23)20-18(24)14-5-4-12-2-1-3-13(12)10-14/h4-5,10H,1-3,6-9H2,(H2,20,21,22,24). The average Bonchev–Trinajstić information content (AvgIpc) is 3.28. The van der Waals surface area contributed by atoms with Crippen LogP contribution in [0.25, 0.3) is 0 Å². The minimum absolute atomic E-state index is 0.233. The van der Waals surface area contributed by atoms with Gasteiger partial charge in [-0.25, -0.2) is 0 Å². The number of ether oxygens (including phenoxy) is 1. The Kier molecular flexibility index (Phi) is 4.12. The molecule has 0 spiro atoms. The first kappa shape index (κ1) is 15.7. The van der Waals surface area contributed by atoms with Crippen LogP contribution in [0.15, 0.2) is 18.2 Å². The number of hydrogen-bond acceptors (Lipinski definition) is 5. The Morgan fingerprint density at radius 1 is 1.28 bits per heavy atom. The van der Waals surface area contributed by atoms with Gasteiger partial charge in [-0.1, -0.05) is 6.07 Å². The molecule has 1 aliphatic carbocycles. The van der Waals surface area contributed by atoms with Crippen LogP contribution in [0.1, 0.15) is 33.5 Å². The number of morpholine rings is 1. The molecule has 2 aromatic rings. The second-order valence-electron chi connectivity index (χ2n) is 6.30. The molecule has 1 aromatic heterocycles. The number of carbonyl (C=O) groups excluding carboxylic acids is 1. The minimum Gasteiger partial charge on any atom is -0.378 e. The van der Waals surface area contributed by atoms with Gasteiger partial charge < -0.3 is 15.0 Å². The Morgan fingerprint density at radius 2 is 2.08 bits per heavy atom. The highest BCUT2D eigenvalue weighted by molar-refractivity contribution is 6.04. The number of hydrogen-bond donors (Lipinski definition) is 2. The van der Waals surface area contributed by atoms with Crippen LogP contribution in [0.3, 0.4) is 0 Å². The van der Waals surface area contributed by atoms with Crippen LogP contribution < -0.4 is 10.2 Å². The van der Waals surface area contributed by atoms with E-state index in [0.717, 1.165) is 19.3 Å². The minimum atomic E-state index is -0.233. The number of rotatable bonds is 3. The van der Waals surface area contributed by atoms with E-state index in [-0.39, 0.29) is 5.91 Å². The third kappa shape index (κ3) is 2.96. The fourth-order valence-corrected chi connectivity index (χ4v) is 3.43. The number of H-pyrrole nitrogens is 1. The smallest absolute Gasteiger partial charge is 0.256 e. The van der Waals surface area contributed by atoms with E-state index in [0.29, 0.717) is 49.1 Å². The predicted molar refractivity (Wildman–Crippen MR) is 92.8 cm³/mol. The molecule has 1 amide bonds. The molecule has 7 heteroatoms. The summed E-state index contributed by atoms with van der Waals surface area (Å²) in [6, 6.07) is 7.96. The van der Waals surface area contributed by atoms with Crippen LogP contribution in [0.5, 0.6) is 0 Å². The Balaban J connectivity index is 1.55. The summed E-state index contributed by atoms with van der Waals surface area (Å²) in [6.45, 7) is 2.57. The molecule has 1 saturated heterocycles. The SMILES string of the molecule is N#Cc1c(N2CCOCC2)n[nH]c1NC(=O)c1ccc2c(c1)CCC2. The summed E-state index contributed by atoms with van der Waals surface area (Å²) in [7, 11) is 0. The highest BCUT2D eigenvalue weighted by Crippen LogP contribution is 2.26. The van der Waals surface area contributed by atoms with Gasteiger partial charge in [0.25, 0.3) is 5.91 Å². The number of amides is 1. The van der Waals surface area contributed by atoms with Gasteiger partial charge in [-0.05, 0) is 42.5 Å².